The highest BCUT2D eigenvalue weighted by atomic mass is 32.1. The van der Waals surface area contributed by atoms with Gasteiger partial charge in [-0.25, -0.2) is 23.1 Å². The number of ether oxygens (including phenoxy) is 3. The Bertz CT molecular complexity index is 1270. The number of carbonyl (C=O) groups excluding carboxylic acids is 1. The summed E-state index contributed by atoms with van der Waals surface area (Å²) in [6.07, 6.45) is 3.24. The van der Waals surface area contributed by atoms with Crippen molar-refractivity contribution in [3.8, 4) is 11.5 Å². The van der Waals surface area contributed by atoms with Crippen LogP contribution in [0.4, 0.5) is 19.0 Å². The zero-order chi connectivity index (χ0) is 26.0. The predicted octanol–water partition coefficient (Wildman–Crippen LogP) is 4.09. The van der Waals surface area contributed by atoms with Crippen LogP contribution in [0.3, 0.4) is 0 Å². The standard InChI is InChI=1S/C24H25F3N4O4S/c1-5-19(32)30-12-6-7-35-11-14(12)29-18-9-17-13(10-28-18)31-23(36-17)24(2,27)20-21(25)15(33-3)8-16(34-4)22(20)26/h5,8-10,12,14H,1,6-7,11H2,2-4H3,(H,28,29)(H,30,32). The maximum atomic E-state index is 16.1. The highest BCUT2D eigenvalue weighted by Crippen LogP contribution is 2.44. The number of pyridine rings is 1. The molecule has 8 nitrogen and oxygen atoms in total. The predicted molar refractivity (Wildman–Crippen MR) is 129 cm³/mol. The van der Waals surface area contributed by atoms with E-state index in [0.29, 0.717) is 35.7 Å². The fourth-order valence-corrected chi connectivity index (χ4v) is 5.02. The summed E-state index contributed by atoms with van der Waals surface area (Å²) in [5.74, 6) is -2.90. The Balaban J connectivity index is 1.66. The van der Waals surface area contributed by atoms with Gasteiger partial charge in [0.2, 0.25) is 5.91 Å². The molecule has 192 valence electrons. The first kappa shape index (κ1) is 25.7. The second-order valence-electron chi connectivity index (χ2n) is 8.28. The number of aromatic nitrogens is 2. The Kier molecular flexibility index (Phi) is 7.36. The van der Waals surface area contributed by atoms with E-state index in [1.165, 1.54) is 26.5 Å². The third kappa shape index (κ3) is 4.82. The molecule has 1 aliphatic heterocycles. The Morgan fingerprint density at radius 3 is 2.58 bits per heavy atom. The van der Waals surface area contributed by atoms with Gasteiger partial charge in [-0.15, -0.1) is 11.3 Å². The minimum absolute atomic E-state index is 0.165. The highest BCUT2D eigenvalue weighted by Gasteiger charge is 2.40. The molecule has 3 heterocycles. The van der Waals surface area contributed by atoms with Crippen molar-refractivity contribution >= 4 is 33.3 Å². The van der Waals surface area contributed by atoms with Gasteiger partial charge in [0.05, 0.1) is 49.4 Å². The molecule has 2 N–H and O–H groups in total. The van der Waals surface area contributed by atoms with Gasteiger partial charge in [-0.05, 0) is 25.5 Å². The highest BCUT2D eigenvalue weighted by molar-refractivity contribution is 7.18. The van der Waals surface area contributed by atoms with Crippen LogP contribution in [0.25, 0.3) is 10.2 Å². The number of thiazole rings is 1. The first-order valence-corrected chi connectivity index (χ1v) is 11.8. The van der Waals surface area contributed by atoms with Gasteiger partial charge in [-0.1, -0.05) is 6.58 Å². The number of amides is 1. The van der Waals surface area contributed by atoms with Crippen LogP contribution in [0.5, 0.6) is 11.5 Å². The summed E-state index contributed by atoms with van der Waals surface area (Å²) in [6, 6.07) is 2.21. The number of benzene rings is 1. The molecule has 0 spiro atoms. The van der Waals surface area contributed by atoms with E-state index in [-0.39, 0.29) is 34.5 Å². The maximum Gasteiger partial charge on any atom is 0.243 e. The van der Waals surface area contributed by atoms with Crippen LogP contribution in [-0.2, 0) is 15.2 Å². The third-order valence-electron chi connectivity index (χ3n) is 5.92. The van der Waals surface area contributed by atoms with Gasteiger partial charge >= 0.3 is 0 Å². The van der Waals surface area contributed by atoms with E-state index >= 15 is 13.2 Å². The van der Waals surface area contributed by atoms with Crippen molar-refractivity contribution in [2.75, 3.05) is 32.8 Å². The lowest BCUT2D eigenvalue weighted by Gasteiger charge is -2.32. The lowest BCUT2D eigenvalue weighted by Crippen LogP contribution is -2.52. The van der Waals surface area contributed by atoms with Crippen LogP contribution < -0.4 is 20.1 Å². The molecule has 1 aromatic carbocycles. The van der Waals surface area contributed by atoms with E-state index in [9.17, 15) is 4.79 Å². The van der Waals surface area contributed by atoms with Crippen LogP contribution in [0, 0.1) is 11.6 Å². The quantitative estimate of drug-likeness (QED) is 0.431. The molecule has 3 unspecified atom stereocenters. The molecular weight excluding hydrogens is 497 g/mol. The molecule has 0 bridgehead atoms. The number of fused-ring (bicyclic) bond motifs is 1. The number of rotatable bonds is 8. The van der Waals surface area contributed by atoms with E-state index in [0.717, 1.165) is 24.3 Å². The number of hydrogen-bond donors (Lipinski definition) is 2. The van der Waals surface area contributed by atoms with Gasteiger partial charge in [0.25, 0.3) is 0 Å². The summed E-state index contributed by atoms with van der Waals surface area (Å²) in [5.41, 5.74) is -3.13. The first-order valence-electron chi connectivity index (χ1n) is 11.0. The van der Waals surface area contributed by atoms with Gasteiger partial charge in [-0.3, -0.25) is 4.79 Å². The lowest BCUT2D eigenvalue weighted by molar-refractivity contribution is -0.117. The second kappa shape index (κ2) is 10.3. The number of carbonyl (C=O) groups is 1. The van der Waals surface area contributed by atoms with Crippen molar-refractivity contribution in [2.45, 2.75) is 31.1 Å². The Labute approximate surface area is 209 Å². The monoisotopic (exact) mass is 522 g/mol. The van der Waals surface area contributed by atoms with E-state index in [1.807, 2.05) is 0 Å². The Morgan fingerprint density at radius 2 is 1.94 bits per heavy atom. The Morgan fingerprint density at radius 1 is 1.25 bits per heavy atom. The maximum absolute atomic E-state index is 16.1. The molecule has 3 aromatic rings. The Hall–Kier alpha value is -3.38. The van der Waals surface area contributed by atoms with E-state index in [4.69, 9.17) is 14.2 Å². The van der Waals surface area contributed by atoms with Crippen molar-refractivity contribution in [3.05, 3.63) is 53.2 Å². The molecule has 1 amide bonds. The van der Waals surface area contributed by atoms with E-state index in [2.05, 4.69) is 27.2 Å². The van der Waals surface area contributed by atoms with Crippen LogP contribution in [0.15, 0.2) is 31.0 Å². The summed E-state index contributed by atoms with van der Waals surface area (Å²) in [6.45, 7) is 5.35. The average Bonchev–Trinajstić information content (AvgIpc) is 3.30. The average molecular weight is 523 g/mol. The number of nitrogens with zero attached hydrogens (tertiary/aromatic N) is 2. The normalized spacial score (nSPS) is 19.4. The van der Waals surface area contributed by atoms with Crippen LogP contribution >= 0.6 is 11.3 Å². The minimum atomic E-state index is -2.63. The molecule has 12 heteroatoms. The van der Waals surface area contributed by atoms with Gasteiger partial charge in [0.15, 0.2) is 28.8 Å². The number of methoxy groups -OCH3 is 2. The van der Waals surface area contributed by atoms with Gasteiger partial charge in [0.1, 0.15) is 16.3 Å². The molecule has 1 aliphatic rings. The molecule has 0 radical (unpaired) electrons. The zero-order valence-electron chi connectivity index (χ0n) is 19.9. The summed E-state index contributed by atoms with van der Waals surface area (Å²) >= 11 is 0.939. The van der Waals surface area contributed by atoms with Crippen LogP contribution in [-0.4, -0.2) is 55.4 Å². The molecule has 1 saturated heterocycles. The second-order valence-corrected chi connectivity index (χ2v) is 9.31. The zero-order valence-corrected chi connectivity index (χ0v) is 20.7. The molecule has 0 saturated carbocycles. The molecule has 1 fully saturated rings. The minimum Gasteiger partial charge on any atom is -0.494 e. The summed E-state index contributed by atoms with van der Waals surface area (Å²) in [7, 11) is 2.38. The van der Waals surface area contributed by atoms with Crippen LogP contribution in [0.2, 0.25) is 0 Å². The van der Waals surface area contributed by atoms with E-state index in [1.54, 1.807) is 6.07 Å². The molecule has 4 rings (SSSR count). The SMILES string of the molecule is C=CC(=O)NC1CCOCC1Nc1cc2sc(C(C)(F)c3c(F)c(OC)cc(OC)c3F)nc2cn1. The van der Waals surface area contributed by atoms with Gasteiger partial charge in [0, 0.05) is 12.7 Å². The van der Waals surface area contributed by atoms with Crippen molar-refractivity contribution < 1.29 is 32.2 Å². The fourth-order valence-electron chi connectivity index (χ4n) is 4.00. The largest absolute Gasteiger partial charge is 0.494 e. The van der Waals surface area contributed by atoms with E-state index < -0.39 is 22.9 Å². The molecule has 0 aliphatic carbocycles. The van der Waals surface area contributed by atoms with Crippen LogP contribution in [0.1, 0.15) is 23.9 Å². The van der Waals surface area contributed by atoms with Crippen molar-refractivity contribution in [1.82, 2.24) is 15.3 Å². The lowest BCUT2D eigenvalue weighted by atomic mass is 9.96. The fraction of sp³-hybridized carbons (Fsp3) is 0.375. The van der Waals surface area contributed by atoms with Crippen molar-refractivity contribution in [2.24, 2.45) is 0 Å². The molecule has 2 aromatic heterocycles. The summed E-state index contributed by atoms with van der Waals surface area (Å²) in [4.78, 5) is 20.4. The molecule has 3 atom stereocenters. The topological polar surface area (TPSA) is 94.6 Å². The molecule has 36 heavy (non-hydrogen) atoms. The number of hydrogen-bond acceptors (Lipinski definition) is 8. The van der Waals surface area contributed by atoms with Gasteiger partial charge < -0.3 is 24.8 Å². The third-order valence-corrected chi connectivity index (χ3v) is 7.14. The summed E-state index contributed by atoms with van der Waals surface area (Å²) in [5, 5.41) is 5.93. The first-order chi connectivity index (χ1) is 17.2. The summed E-state index contributed by atoms with van der Waals surface area (Å²) < 4.78 is 62.0. The number of nitrogens with one attached hydrogen (secondary N) is 2. The number of alkyl halides is 1. The van der Waals surface area contributed by atoms with Crippen molar-refractivity contribution in [1.29, 1.82) is 0 Å². The molecular formula is C24H25F3N4O4S. The van der Waals surface area contributed by atoms with Crippen molar-refractivity contribution in [3.63, 3.8) is 0 Å². The smallest absolute Gasteiger partial charge is 0.243 e. The number of anilines is 1. The number of halogens is 3. The van der Waals surface area contributed by atoms with Gasteiger partial charge in [-0.2, -0.15) is 0 Å².